The van der Waals surface area contributed by atoms with Gasteiger partial charge in [0.1, 0.15) is 17.4 Å². The van der Waals surface area contributed by atoms with Gasteiger partial charge < -0.3 is 14.4 Å². The van der Waals surface area contributed by atoms with Crippen molar-refractivity contribution in [2.75, 3.05) is 26.8 Å². The molecule has 5 nitrogen and oxygen atoms in total. The van der Waals surface area contributed by atoms with Crippen molar-refractivity contribution in [1.29, 1.82) is 5.26 Å². The summed E-state index contributed by atoms with van der Waals surface area (Å²) in [5.74, 6) is 0.681. The van der Waals surface area contributed by atoms with E-state index in [0.29, 0.717) is 31.9 Å². The van der Waals surface area contributed by atoms with Gasteiger partial charge in [-0.3, -0.25) is 4.79 Å². The maximum absolute atomic E-state index is 12.1. The van der Waals surface area contributed by atoms with Gasteiger partial charge in [0.15, 0.2) is 0 Å². The summed E-state index contributed by atoms with van der Waals surface area (Å²) in [7, 11) is 1.60. The van der Waals surface area contributed by atoms with Crippen molar-refractivity contribution in [2.45, 2.75) is 20.3 Å². The smallest absolute Gasteiger partial charge is 0.240 e. The molecule has 5 heteroatoms. The minimum Gasteiger partial charge on any atom is -0.497 e. The number of hydrogen-bond donors (Lipinski definition) is 0. The molecule has 1 unspecified atom stereocenters. The summed E-state index contributed by atoms with van der Waals surface area (Å²) in [6.45, 7) is 5.38. The molecule has 1 rings (SSSR count). The summed E-state index contributed by atoms with van der Waals surface area (Å²) in [4.78, 5) is 13.8. The van der Waals surface area contributed by atoms with Crippen LogP contribution in [0.4, 0.5) is 0 Å². The molecule has 1 aromatic carbocycles. The molecule has 0 fully saturated rings. The van der Waals surface area contributed by atoms with Gasteiger partial charge >= 0.3 is 0 Å². The standard InChI is InChI=1S/C16H22N2O3/c1-4-18(5-2)16(19)13(12-17)10-11-21-15-8-6-14(20-3)7-9-15/h6-9,13H,4-5,10-11H2,1-3H3. The van der Waals surface area contributed by atoms with Crippen LogP contribution in [0, 0.1) is 17.2 Å². The van der Waals surface area contributed by atoms with Crippen molar-refractivity contribution < 1.29 is 14.3 Å². The normalized spacial score (nSPS) is 11.3. The van der Waals surface area contributed by atoms with Crippen molar-refractivity contribution in [2.24, 2.45) is 5.92 Å². The number of rotatable bonds is 8. The Morgan fingerprint density at radius 3 is 2.29 bits per heavy atom. The van der Waals surface area contributed by atoms with Crippen LogP contribution in [0.15, 0.2) is 24.3 Å². The van der Waals surface area contributed by atoms with Crippen molar-refractivity contribution in [3.8, 4) is 17.6 Å². The number of amides is 1. The highest BCUT2D eigenvalue weighted by atomic mass is 16.5. The Labute approximate surface area is 126 Å². The van der Waals surface area contributed by atoms with Gasteiger partial charge in [-0.25, -0.2) is 0 Å². The Balaban J connectivity index is 2.48. The van der Waals surface area contributed by atoms with E-state index in [4.69, 9.17) is 14.7 Å². The summed E-state index contributed by atoms with van der Waals surface area (Å²) < 4.78 is 10.6. The first kappa shape index (κ1) is 16.8. The van der Waals surface area contributed by atoms with Crippen LogP contribution >= 0.6 is 0 Å². The molecule has 1 atom stereocenters. The van der Waals surface area contributed by atoms with Crippen LogP contribution in [-0.4, -0.2) is 37.6 Å². The molecule has 0 aromatic heterocycles. The zero-order valence-corrected chi connectivity index (χ0v) is 12.8. The third-order valence-corrected chi connectivity index (χ3v) is 3.26. The lowest BCUT2D eigenvalue weighted by Gasteiger charge is -2.21. The van der Waals surface area contributed by atoms with Crippen molar-refractivity contribution in [1.82, 2.24) is 4.90 Å². The highest BCUT2D eigenvalue weighted by Gasteiger charge is 2.22. The monoisotopic (exact) mass is 290 g/mol. The molecule has 0 aliphatic rings. The van der Waals surface area contributed by atoms with Crippen LogP contribution in [0.25, 0.3) is 0 Å². The highest BCUT2D eigenvalue weighted by molar-refractivity contribution is 5.81. The van der Waals surface area contributed by atoms with Crippen LogP contribution < -0.4 is 9.47 Å². The van der Waals surface area contributed by atoms with Crippen LogP contribution in [0.5, 0.6) is 11.5 Å². The molecule has 114 valence electrons. The van der Waals surface area contributed by atoms with Crippen LogP contribution in [0.1, 0.15) is 20.3 Å². The SMILES string of the molecule is CCN(CC)C(=O)C(C#N)CCOc1ccc(OC)cc1. The zero-order valence-electron chi connectivity index (χ0n) is 12.8. The van der Waals surface area contributed by atoms with Gasteiger partial charge in [0.2, 0.25) is 5.91 Å². The second-order valence-corrected chi connectivity index (χ2v) is 4.50. The van der Waals surface area contributed by atoms with Gasteiger partial charge in [0.05, 0.1) is 19.8 Å². The first-order valence-electron chi connectivity index (χ1n) is 7.11. The third kappa shape index (κ3) is 4.99. The number of benzene rings is 1. The second-order valence-electron chi connectivity index (χ2n) is 4.50. The summed E-state index contributed by atoms with van der Waals surface area (Å²) in [6.07, 6.45) is 0.387. The van der Waals surface area contributed by atoms with E-state index in [2.05, 4.69) is 6.07 Å². The Bertz CT molecular complexity index is 475. The molecule has 0 radical (unpaired) electrons. The van der Waals surface area contributed by atoms with Gasteiger partial charge in [0, 0.05) is 19.5 Å². The predicted molar refractivity (Wildman–Crippen MR) is 80.1 cm³/mol. The number of carbonyl (C=O) groups is 1. The van der Waals surface area contributed by atoms with E-state index in [1.165, 1.54) is 0 Å². The number of hydrogen-bond acceptors (Lipinski definition) is 4. The minimum atomic E-state index is -0.650. The Morgan fingerprint density at radius 1 is 1.24 bits per heavy atom. The molecule has 1 aromatic rings. The van der Waals surface area contributed by atoms with E-state index in [1.54, 1.807) is 36.3 Å². The highest BCUT2D eigenvalue weighted by Crippen LogP contribution is 2.18. The first-order valence-corrected chi connectivity index (χ1v) is 7.11. The van der Waals surface area contributed by atoms with Gasteiger partial charge in [0.25, 0.3) is 0 Å². The molecule has 1 amide bonds. The Kier molecular flexibility index (Phi) is 7.10. The van der Waals surface area contributed by atoms with E-state index in [0.717, 1.165) is 5.75 Å². The lowest BCUT2D eigenvalue weighted by atomic mass is 10.1. The quantitative estimate of drug-likeness (QED) is 0.738. The fraction of sp³-hybridized carbons (Fsp3) is 0.500. The number of nitriles is 1. The first-order chi connectivity index (χ1) is 10.2. The lowest BCUT2D eigenvalue weighted by molar-refractivity contribution is -0.133. The van der Waals surface area contributed by atoms with Crippen LogP contribution in [0.2, 0.25) is 0 Å². The maximum Gasteiger partial charge on any atom is 0.240 e. The number of ether oxygens (including phenoxy) is 2. The maximum atomic E-state index is 12.1. The molecule has 0 saturated heterocycles. The van der Waals surface area contributed by atoms with Gasteiger partial charge in [-0.2, -0.15) is 5.26 Å². The zero-order chi connectivity index (χ0) is 15.7. The fourth-order valence-electron chi connectivity index (χ4n) is 1.97. The third-order valence-electron chi connectivity index (χ3n) is 3.26. The minimum absolute atomic E-state index is 0.124. The Hall–Kier alpha value is -2.22. The number of methoxy groups -OCH3 is 1. The molecule has 0 heterocycles. The second kappa shape index (κ2) is 8.85. The molecule has 0 bridgehead atoms. The molecular formula is C16H22N2O3. The fourth-order valence-corrected chi connectivity index (χ4v) is 1.97. The Morgan fingerprint density at radius 2 is 1.81 bits per heavy atom. The van der Waals surface area contributed by atoms with Gasteiger partial charge in [-0.1, -0.05) is 0 Å². The molecule has 0 spiro atoms. The van der Waals surface area contributed by atoms with E-state index in [-0.39, 0.29) is 5.91 Å². The van der Waals surface area contributed by atoms with Crippen LogP contribution in [0.3, 0.4) is 0 Å². The van der Waals surface area contributed by atoms with Crippen molar-refractivity contribution in [3.63, 3.8) is 0 Å². The number of carbonyl (C=O) groups excluding carboxylic acids is 1. The lowest BCUT2D eigenvalue weighted by Crippen LogP contribution is -2.36. The van der Waals surface area contributed by atoms with Crippen molar-refractivity contribution in [3.05, 3.63) is 24.3 Å². The van der Waals surface area contributed by atoms with E-state index in [1.807, 2.05) is 13.8 Å². The molecule has 0 aliphatic carbocycles. The molecular weight excluding hydrogens is 268 g/mol. The molecule has 0 saturated carbocycles. The van der Waals surface area contributed by atoms with Gasteiger partial charge in [-0.05, 0) is 38.1 Å². The van der Waals surface area contributed by atoms with E-state index < -0.39 is 5.92 Å². The summed E-state index contributed by atoms with van der Waals surface area (Å²) >= 11 is 0. The molecule has 0 N–H and O–H groups in total. The molecule has 0 aliphatic heterocycles. The van der Waals surface area contributed by atoms with Crippen molar-refractivity contribution >= 4 is 5.91 Å². The largest absolute Gasteiger partial charge is 0.497 e. The van der Waals surface area contributed by atoms with E-state index in [9.17, 15) is 4.79 Å². The summed E-state index contributed by atoms with van der Waals surface area (Å²) in [6, 6.07) is 9.27. The molecule has 21 heavy (non-hydrogen) atoms. The number of nitrogens with zero attached hydrogens (tertiary/aromatic N) is 2. The summed E-state index contributed by atoms with van der Waals surface area (Å²) in [5.41, 5.74) is 0. The average molecular weight is 290 g/mol. The predicted octanol–water partition coefficient (Wildman–Crippen LogP) is 2.47. The topological polar surface area (TPSA) is 62.6 Å². The van der Waals surface area contributed by atoms with Gasteiger partial charge in [-0.15, -0.1) is 0 Å². The van der Waals surface area contributed by atoms with E-state index >= 15 is 0 Å². The average Bonchev–Trinajstić information content (AvgIpc) is 2.53. The van der Waals surface area contributed by atoms with Crippen LogP contribution in [-0.2, 0) is 4.79 Å². The summed E-state index contributed by atoms with van der Waals surface area (Å²) in [5, 5.41) is 9.13.